The van der Waals surface area contributed by atoms with Crippen molar-refractivity contribution in [2.24, 2.45) is 0 Å². The zero-order valence-electron chi connectivity index (χ0n) is 9.68. The molecule has 3 atom stereocenters. The molecule has 0 unspecified atom stereocenters. The van der Waals surface area contributed by atoms with E-state index in [9.17, 15) is 19.1 Å². The average Bonchev–Trinajstić information content (AvgIpc) is 2.71. The molecule has 0 spiro atoms. The van der Waals surface area contributed by atoms with Crippen molar-refractivity contribution in [1.29, 1.82) is 0 Å². The van der Waals surface area contributed by atoms with Crippen LogP contribution in [0.5, 0.6) is 0 Å². The number of aliphatic hydroxyl groups is 2. The molecular weight excluding hydrogens is 327 g/mol. The molecule has 1 aliphatic heterocycles. The SMILES string of the molecule is O=c1[nH]c(=O)n([C@H]2C[C@H](O)[C@](CO)(CF)O2)cc1Br. The number of nitrogens with zero attached hydrogens (tertiary/aromatic N) is 1. The summed E-state index contributed by atoms with van der Waals surface area (Å²) in [4.78, 5) is 24.9. The quantitative estimate of drug-likeness (QED) is 0.674. The normalized spacial score (nSPS) is 30.7. The standard InChI is InChI=1S/C10H12BrFN2O5/c11-5-2-14(9(18)13-8(5)17)7-1-6(16)10(3-12,4-15)19-7/h2,6-7,15-16H,1,3-4H2,(H,13,17,18)/t6-,7+,10+/m0/s1. The third-order valence-electron chi connectivity index (χ3n) is 3.13. The molecule has 1 fully saturated rings. The lowest BCUT2D eigenvalue weighted by atomic mass is 10.00. The number of hydrogen-bond donors (Lipinski definition) is 3. The summed E-state index contributed by atoms with van der Waals surface area (Å²) in [6.45, 7) is -1.79. The minimum absolute atomic E-state index is 0.0666. The lowest BCUT2D eigenvalue weighted by Gasteiger charge is -2.26. The van der Waals surface area contributed by atoms with Crippen molar-refractivity contribution in [3.8, 4) is 0 Å². The molecule has 1 saturated heterocycles. The number of aromatic nitrogens is 2. The molecule has 0 radical (unpaired) electrons. The Morgan fingerprint density at radius 1 is 1.63 bits per heavy atom. The zero-order valence-corrected chi connectivity index (χ0v) is 11.3. The van der Waals surface area contributed by atoms with E-state index in [1.807, 2.05) is 4.98 Å². The Kier molecular flexibility index (Phi) is 3.90. The highest BCUT2D eigenvalue weighted by Crippen LogP contribution is 2.36. The third kappa shape index (κ3) is 2.38. The molecule has 0 saturated carbocycles. The van der Waals surface area contributed by atoms with Crippen molar-refractivity contribution in [3.05, 3.63) is 31.5 Å². The molecule has 1 aromatic heterocycles. The Morgan fingerprint density at radius 3 is 2.84 bits per heavy atom. The third-order valence-corrected chi connectivity index (χ3v) is 3.70. The lowest BCUT2D eigenvalue weighted by Crippen LogP contribution is -2.45. The molecule has 2 rings (SSSR count). The van der Waals surface area contributed by atoms with Crippen LogP contribution in [0.2, 0.25) is 0 Å². The Morgan fingerprint density at radius 2 is 2.32 bits per heavy atom. The maximum atomic E-state index is 12.9. The van der Waals surface area contributed by atoms with Crippen LogP contribution in [0, 0.1) is 0 Å². The van der Waals surface area contributed by atoms with Crippen molar-refractivity contribution < 1.29 is 19.3 Å². The van der Waals surface area contributed by atoms with Gasteiger partial charge >= 0.3 is 5.69 Å². The van der Waals surface area contributed by atoms with E-state index < -0.39 is 42.5 Å². The molecule has 0 aromatic carbocycles. The molecule has 9 heteroatoms. The van der Waals surface area contributed by atoms with Gasteiger partial charge in [0.25, 0.3) is 5.56 Å². The molecule has 3 N–H and O–H groups in total. The minimum atomic E-state index is -1.73. The van der Waals surface area contributed by atoms with E-state index in [4.69, 9.17) is 9.84 Å². The number of nitrogens with one attached hydrogen (secondary N) is 1. The topological polar surface area (TPSA) is 105 Å². The van der Waals surface area contributed by atoms with Crippen LogP contribution in [0.25, 0.3) is 0 Å². The van der Waals surface area contributed by atoms with Crippen molar-refractivity contribution in [3.63, 3.8) is 0 Å². The van der Waals surface area contributed by atoms with Gasteiger partial charge in [0.15, 0.2) is 0 Å². The smallest absolute Gasteiger partial charge is 0.330 e. The second-order valence-electron chi connectivity index (χ2n) is 4.32. The molecule has 106 valence electrons. The van der Waals surface area contributed by atoms with E-state index in [1.165, 1.54) is 6.20 Å². The van der Waals surface area contributed by atoms with Gasteiger partial charge in [-0.15, -0.1) is 0 Å². The van der Waals surface area contributed by atoms with Crippen LogP contribution in [0.3, 0.4) is 0 Å². The lowest BCUT2D eigenvalue weighted by molar-refractivity contribution is -0.138. The molecule has 2 heterocycles. The number of aromatic amines is 1. The maximum absolute atomic E-state index is 12.9. The van der Waals surface area contributed by atoms with Gasteiger partial charge in [0.05, 0.1) is 17.2 Å². The number of ether oxygens (including phenoxy) is 1. The van der Waals surface area contributed by atoms with E-state index >= 15 is 0 Å². The van der Waals surface area contributed by atoms with Crippen molar-refractivity contribution in [2.45, 2.75) is 24.4 Å². The summed E-state index contributed by atoms with van der Waals surface area (Å²) in [5.74, 6) is 0. The van der Waals surface area contributed by atoms with E-state index in [1.54, 1.807) is 0 Å². The van der Waals surface area contributed by atoms with Crippen LogP contribution in [-0.4, -0.2) is 44.8 Å². The number of aliphatic hydroxyl groups excluding tert-OH is 2. The van der Waals surface area contributed by atoms with Gasteiger partial charge in [-0.05, 0) is 15.9 Å². The van der Waals surface area contributed by atoms with Gasteiger partial charge in [0.1, 0.15) is 18.5 Å². The van der Waals surface area contributed by atoms with Gasteiger partial charge in [0, 0.05) is 12.6 Å². The summed E-state index contributed by atoms with van der Waals surface area (Å²) in [7, 11) is 0. The van der Waals surface area contributed by atoms with Crippen LogP contribution in [0.1, 0.15) is 12.6 Å². The highest BCUT2D eigenvalue weighted by atomic mass is 79.9. The molecular formula is C10H12BrFN2O5. The first-order valence-electron chi connectivity index (χ1n) is 5.47. The van der Waals surface area contributed by atoms with Crippen LogP contribution in [0.15, 0.2) is 20.3 Å². The summed E-state index contributed by atoms with van der Waals surface area (Å²) in [6.07, 6.45) is -1.07. The fourth-order valence-corrected chi connectivity index (χ4v) is 2.27. The Labute approximate surface area is 114 Å². The zero-order chi connectivity index (χ0) is 14.2. The molecule has 1 aromatic rings. The van der Waals surface area contributed by atoms with Crippen LogP contribution >= 0.6 is 15.9 Å². The highest BCUT2D eigenvalue weighted by molar-refractivity contribution is 9.10. The van der Waals surface area contributed by atoms with E-state index in [2.05, 4.69) is 15.9 Å². The first-order valence-corrected chi connectivity index (χ1v) is 6.26. The fraction of sp³-hybridized carbons (Fsp3) is 0.600. The number of alkyl halides is 1. The monoisotopic (exact) mass is 338 g/mol. The summed E-state index contributed by atoms with van der Waals surface area (Å²) >= 11 is 2.96. The number of hydrogen-bond acceptors (Lipinski definition) is 5. The van der Waals surface area contributed by atoms with Gasteiger partial charge in [-0.2, -0.15) is 0 Å². The van der Waals surface area contributed by atoms with Crippen molar-refractivity contribution in [1.82, 2.24) is 9.55 Å². The van der Waals surface area contributed by atoms with Gasteiger partial charge in [0.2, 0.25) is 0 Å². The molecule has 0 bridgehead atoms. The summed E-state index contributed by atoms with van der Waals surface area (Å²) in [5, 5.41) is 18.9. The van der Waals surface area contributed by atoms with Crippen LogP contribution in [0.4, 0.5) is 4.39 Å². The molecule has 0 aliphatic carbocycles. The first-order chi connectivity index (χ1) is 8.93. The van der Waals surface area contributed by atoms with Gasteiger partial charge in [-0.3, -0.25) is 14.3 Å². The molecule has 7 nitrogen and oxygen atoms in total. The summed E-state index contributed by atoms with van der Waals surface area (Å²) < 4.78 is 19.3. The molecule has 0 amide bonds. The Bertz CT molecular complexity index is 582. The highest BCUT2D eigenvalue weighted by Gasteiger charge is 2.49. The predicted octanol–water partition coefficient (Wildman–Crippen LogP) is -0.721. The minimum Gasteiger partial charge on any atom is -0.393 e. The molecule has 1 aliphatic rings. The van der Waals surface area contributed by atoms with Gasteiger partial charge in [-0.1, -0.05) is 0 Å². The van der Waals surface area contributed by atoms with Gasteiger partial charge < -0.3 is 14.9 Å². The van der Waals surface area contributed by atoms with Crippen molar-refractivity contribution in [2.75, 3.05) is 13.3 Å². The van der Waals surface area contributed by atoms with Crippen molar-refractivity contribution >= 4 is 15.9 Å². The van der Waals surface area contributed by atoms with Gasteiger partial charge in [-0.25, -0.2) is 9.18 Å². The van der Waals surface area contributed by atoms with E-state index in [0.29, 0.717) is 0 Å². The largest absolute Gasteiger partial charge is 0.393 e. The number of H-pyrrole nitrogens is 1. The summed E-state index contributed by atoms with van der Waals surface area (Å²) in [6, 6.07) is 0. The maximum Gasteiger partial charge on any atom is 0.330 e. The fourth-order valence-electron chi connectivity index (χ4n) is 1.95. The second kappa shape index (κ2) is 5.16. The van der Waals surface area contributed by atoms with Crippen LogP contribution < -0.4 is 11.2 Å². The number of rotatable bonds is 3. The molecule has 19 heavy (non-hydrogen) atoms. The van der Waals surface area contributed by atoms with Crippen LogP contribution in [-0.2, 0) is 4.74 Å². The first kappa shape index (κ1) is 14.4. The second-order valence-corrected chi connectivity index (χ2v) is 5.18. The number of halogens is 2. The predicted molar refractivity (Wildman–Crippen MR) is 65.6 cm³/mol. The Balaban J connectivity index is 2.38. The summed E-state index contributed by atoms with van der Waals surface area (Å²) in [5.41, 5.74) is -3.07. The van der Waals surface area contributed by atoms with E-state index in [0.717, 1.165) is 4.57 Å². The Hall–Kier alpha value is -1.03. The van der Waals surface area contributed by atoms with E-state index in [-0.39, 0.29) is 10.9 Å². The average molecular weight is 339 g/mol.